The Labute approximate surface area is 169 Å². The van der Waals surface area contributed by atoms with Crippen LogP contribution < -0.4 is 11.1 Å². The minimum absolute atomic E-state index is 0.0699. The molecule has 0 atom stereocenters. The fourth-order valence-corrected chi connectivity index (χ4v) is 4.00. The van der Waals surface area contributed by atoms with E-state index in [0.29, 0.717) is 28.0 Å². The lowest BCUT2D eigenvalue weighted by Gasteiger charge is -2.03. The second-order valence-corrected chi connectivity index (χ2v) is 8.12. The number of aromatic nitrogens is 2. The van der Waals surface area contributed by atoms with Crippen LogP contribution in [0.2, 0.25) is 5.02 Å². The number of nitrogens with zero attached hydrogens (tertiary/aromatic N) is 1. The highest BCUT2D eigenvalue weighted by Gasteiger charge is 2.11. The molecule has 2 heterocycles. The Hall–Kier alpha value is -2.29. The number of carbonyl (C=O) groups excluding carboxylic acids is 2. The third-order valence-corrected chi connectivity index (χ3v) is 5.73. The molecule has 0 unspecified atom stereocenters. The van der Waals surface area contributed by atoms with Gasteiger partial charge in [-0.3, -0.25) is 9.59 Å². The first-order valence-electron chi connectivity index (χ1n) is 8.13. The number of rotatable bonds is 8. The van der Waals surface area contributed by atoms with Crippen LogP contribution in [-0.2, 0) is 4.79 Å². The number of thioether (sulfide) groups is 1. The van der Waals surface area contributed by atoms with Gasteiger partial charge in [-0.1, -0.05) is 11.6 Å². The maximum Gasteiger partial charge on any atom is 0.265 e. The number of anilines is 1. The molecule has 0 bridgehead atoms. The van der Waals surface area contributed by atoms with Gasteiger partial charge in [-0.2, -0.15) is 0 Å². The lowest BCUT2D eigenvalue weighted by Crippen LogP contribution is -2.11. The first-order chi connectivity index (χ1) is 13.0. The summed E-state index contributed by atoms with van der Waals surface area (Å²) in [6, 6.07) is 9.28. The van der Waals surface area contributed by atoms with E-state index >= 15 is 0 Å². The van der Waals surface area contributed by atoms with Crippen molar-refractivity contribution in [3.63, 3.8) is 0 Å². The van der Waals surface area contributed by atoms with Gasteiger partial charge in [0.05, 0.1) is 5.69 Å². The summed E-state index contributed by atoms with van der Waals surface area (Å²) >= 11 is 8.89. The van der Waals surface area contributed by atoms with E-state index in [0.717, 1.165) is 22.6 Å². The average Bonchev–Trinajstić information content (AvgIpc) is 3.29. The molecule has 3 aromatic rings. The molecule has 140 valence electrons. The predicted molar refractivity (Wildman–Crippen MR) is 110 cm³/mol. The van der Waals surface area contributed by atoms with E-state index in [2.05, 4.69) is 15.3 Å². The van der Waals surface area contributed by atoms with Crippen LogP contribution in [0.3, 0.4) is 0 Å². The highest BCUT2D eigenvalue weighted by molar-refractivity contribution is 7.99. The summed E-state index contributed by atoms with van der Waals surface area (Å²) in [4.78, 5) is 31.5. The van der Waals surface area contributed by atoms with E-state index in [-0.39, 0.29) is 5.91 Å². The second kappa shape index (κ2) is 9.07. The number of thiazole rings is 1. The molecule has 2 aromatic heterocycles. The van der Waals surface area contributed by atoms with Gasteiger partial charge in [-0.25, -0.2) is 4.98 Å². The van der Waals surface area contributed by atoms with Gasteiger partial charge in [0.15, 0.2) is 5.13 Å². The summed E-state index contributed by atoms with van der Waals surface area (Å²) in [6.07, 6.45) is 2.84. The smallest absolute Gasteiger partial charge is 0.265 e. The molecule has 0 saturated carbocycles. The molecule has 0 fully saturated rings. The molecule has 0 saturated heterocycles. The molecule has 0 spiro atoms. The number of carbonyl (C=O) groups is 2. The molecule has 9 heteroatoms. The summed E-state index contributed by atoms with van der Waals surface area (Å²) in [7, 11) is 0. The molecule has 4 N–H and O–H groups in total. The fourth-order valence-electron chi connectivity index (χ4n) is 2.28. The number of hydrogen-bond acceptors (Lipinski definition) is 5. The zero-order chi connectivity index (χ0) is 19.2. The van der Waals surface area contributed by atoms with E-state index in [1.807, 2.05) is 29.6 Å². The van der Waals surface area contributed by atoms with Crippen molar-refractivity contribution < 1.29 is 9.59 Å². The molecule has 2 amide bonds. The van der Waals surface area contributed by atoms with Gasteiger partial charge in [0.1, 0.15) is 5.69 Å². The number of H-pyrrole nitrogens is 1. The highest BCUT2D eigenvalue weighted by atomic mass is 35.5. The Morgan fingerprint density at radius 3 is 2.78 bits per heavy atom. The monoisotopic (exact) mass is 420 g/mol. The molecule has 0 aliphatic rings. The van der Waals surface area contributed by atoms with Crippen molar-refractivity contribution in [1.82, 2.24) is 9.97 Å². The van der Waals surface area contributed by atoms with Crippen molar-refractivity contribution >= 4 is 51.6 Å². The van der Waals surface area contributed by atoms with Crippen LogP contribution in [0, 0.1) is 0 Å². The Kier molecular flexibility index (Phi) is 6.54. The number of amides is 2. The van der Waals surface area contributed by atoms with Gasteiger partial charge in [0.2, 0.25) is 5.91 Å². The summed E-state index contributed by atoms with van der Waals surface area (Å²) in [5.74, 6) is 0.248. The van der Waals surface area contributed by atoms with Crippen LogP contribution in [-0.4, -0.2) is 27.5 Å². The van der Waals surface area contributed by atoms with Crippen molar-refractivity contribution in [3.05, 3.63) is 52.6 Å². The Morgan fingerprint density at radius 2 is 2.07 bits per heavy atom. The predicted octanol–water partition coefficient (Wildman–Crippen LogP) is 4.40. The number of primary amides is 1. The Bertz CT molecular complexity index is 937. The average molecular weight is 421 g/mol. The third-order valence-electron chi connectivity index (χ3n) is 3.63. The Balaban J connectivity index is 1.44. The van der Waals surface area contributed by atoms with Gasteiger partial charge in [-0.05, 0) is 42.5 Å². The summed E-state index contributed by atoms with van der Waals surface area (Å²) in [6.45, 7) is 0. The topological polar surface area (TPSA) is 101 Å². The maximum atomic E-state index is 12.1. The zero-order valence-corrected chi connectivity index (χ0v) is 16.6. The number of nitrogens with two attached hydrogens (primary N) is 1. The van der Waals surface area contributed by atoms with Crippen molar-refractivity contribution in [1.29, 1.82) is 0 Å². The third kappa shape index (κ3) is 5.59. The zero-order valence-electron chi connectivity index (χ0n) is 14.2. The normalized spacial score (nSPS) is 10.7. The van der Waals surface area contributed by atoms with E-state index in [1.54, 1.807) is 24.0 Å². The number of nitrogens with one attached hydrogen (secondary N) is 2. The standard InChI is InChI=1S/C18H17ClN4O2S2/c19-12-3-5-13(6-4-12)26-7-1-2-16(24)23-18-22-15(10-27-18)11-8-14(17(20)25)21-9-11/h3-6,8-10,21H,1-2,7H2,(H2,20,25)(H,22,23,24). The molecule has 3 rings (SSSR count). The molecule has 0 aliphatic carbocycles. The Morgan fingerprint density at radius 1 is 1.30 bits per heavy atom. The molecule has 27 heavy (non-hydrogen) atoms. The van der Waals surface area contributed by atoms with Crippen LogP contribution in [0.15, 0.2) is 46.8 Å². The lowest BCUT2D eigenvalue weighted by atomic mass is 10.2. The van der Waals surface area contributed by atoms with E-state index in [1.165, 1.54) is 11.3 Å². The minimum Gasteiger partial charge on any atom is -0.364 e. The van der Waals surface area contributed by atoms with Gasteiger partial charge in [0.25, 0.3) is 5.91 Å². The van der Waals surface area contributed by atoms with Gasteiger partial charge in [0, 0.05) is 33.5 Å². The van der Waals surface area contributed by atoms with Crippen LogP contribution in [0.5, 0.6) is 0 Å². The van der Waals surface area contributed by atoms with Crippen molar-refractivity contribution in [2.45, 2.75) is 17.7 Å². The maximum absolute atomic E-state index is 12.1. The van der Waals surface area contributed by atoms with Crippen molar-refractivity contribution in [2.75, 3.05) is 11.1 Å². The quantitative estimate of drug-likeness (QED) is 0.371. The number of hydrogen-bond donors (Lipinski definition) is 3. The number of benzene rings is 1. The van der Waals surface area contributed by atoms with Gasteiger partial charge < -0.3 is 16.0 Å². The summed E-state index contributed by atoms with van der Waals surface area (Å²) < 4.78 is 0. The molecular weight excluding hydrogens is 404 g/mol. The summed E-state index contributed by atoms with van der Waals surface area (Å²) in [5.41, 5.74) is 6.97. The number of halogens is 1. The SMILES string of the molecule is NC(=O)c1cc(-c2csc(NC(=O)CCCSc3ccc(Cl)cc3)n2)c[nH]1. The number of aromatic amines is 1. The van der Waals surface area contributed by atoms with Gasteiger partial charge >= 0.3 is 0 Å². The molecule has 1 aromatic carbocycles. The second-order valence-electron chi connectivity index (χ2n) is 5.66. The molecular formula is C18H17ClN4O2S2. The van der Waals surface area contributed by atoms with Crippen LogP contribution >= 0.6 is 34.7 Å². The van der Waals surface area contributed by atoms with E-state index in [9.17, 15) is 9.59 Å². The van der Waals surface area contributed by atoms with Crippen molar-refractivity contribution in [3.8, 4) is 11.3 Å². The molecule has 0 aliphatic heterocycles. The largest absolute Gasteiger partial charge is 0.364 e. The van der Waals surface area contributed by atoms with Crippen molar-refractivity contribution in [2.24, 2.45) is 5.73 Å². The van der Waals surface area contributed by atoms with Crippen LogP contribution in [0.4, 0.5) is 5.13 Å². The van der Waals surface area contributed by atoms with Gasteiger partial charge in [-0.15, -0.1) is 23.1 Å². The molecule has 0 radical (unpaired) electrons. The first kappa shape index (κ1) is 19.5. The fraction of sp³-hybridized carbons (Fsp3) is 0.167. The first-order valence-corrected chi connectivity index (χ1v) is 10.4. The van der Waals surface area contributed by atoms with Crippen LogP contribution in [0.25, 0.3) is 11.3 Å². The molecule has 6 nitrogen and oxygen atoms in total. The van der Waals surface area contributed by atoms with Crippen LogP contribution in [0.1, 0.15) is 23.3 Å². The lowest BCUT2D eigenvalue weighted by molar-refractivity contribution is -0.116. The summed E-state index contributed by atoms with van der Waals surface area (Å²) in [5, 5.41) is 5.87. The minimum atomic E-state index is -0.526. The van der Waals surface area contributed by atoms with E-state index < -0.39 is 5.91 Å². The highest BCUT2D eigenvalue weighted by Crippen LogP contribution is 2.26. The van der Waals surface area contributed by atoms with E-state index in [4.69, 9.17) is 17.3 Å².